The molecule has 2 rings (SSSR count). The van der Waals surface area contributed by atoms with Crippen molar-refractivity contribution in [3.8, 4) is 5.75 Å². The van der Waals surface area contributed by atoms with Crippen molar-refractivity contribution in [3.05, 3.63) is 28.8 Å². The van der Waals surface area contributed by atoms with Crippen LogP contribution < -0.4 is 4.74 Å². The monoisotopic (exact) mass is 239 g/mol. The van der Waals surface area contributed by atoms with Gasteiger partial charge in [-0.25, -0.2) is 0 Å². The Bertz CT molecular complexity index is 419. The van der Waals surface area contributed by atoms with Gasteiger partial charge in [-0.2, -0.15) is 0 Å². The molecule has 86 valence electrons. The number of nitrogens with zero attached hydrogens (tertiary/aromatic N) is 1. The molecule has 1 aromatic carbocycles. The minimum absolute atomic E-state index is 0.0230. The topological polar surface area (TPSA) is 29.5 Å². The Hall–Kier alpha value is -1.22. The van der Waals surface area contributed by atoms with Crippen molar-refractivity contribution in [3.63, 3.8) is 0 Å². The van der Waals surface area contributed by atoms with E-state index in [0.29, 0.717) is 18.1 Å². The minimum Gasteiger partial charge on any atom is -0.481 e. The fourth-order valence-corrected chi connectivity index (χ4v) is 2.03. The first-order chi connectivity index (χ1) is 7.61. The fraction of sp³-hybridized carbons (Fsp3) is 0.417. The zero-order chi connectivity index (χ0) is 11.7. The molecule has 4 heteroatoms. The molecule has 1 aliphatic heterocycles. The average Bonchev–Trinajstić information content (AvgIpc) is 2.38. The second-order valence-electron chi connectivity index (χ2n) is 3.86. The van der Waals surface area contributed by atoms with Crippen molar-refractivity contribution in [2.75, 3.05) is 6.54 Å². The summed E-state index contributed by atoms with van der Waals surface area (Å²) in [5.74, 6) is 0.774. The third kappa shape index (κ3) is 2.00. The predicted molar refractivity (Wildman–Crippen MR) is 62.6 cm³/mol. The number of hydrogen-bond acceptors (Lipinski definition) is 2. The Balaban J connectivity index is 2.40. The van der Waals surface area contributed by atoms with Crippen molar-refractivity contribution in [1.29, 1.82) is 0 Å². The zero-order valence-corrected chi connectivity index (χ0v) is 10.1. The summed E-state index contributed by atoms with van der Waals surface area (Å²) in [7, 11) is 0. The van der Waals surface area contributed by atoms with Crippen LogP contribution in [-0.2, 0) is 11.3 Å². The smallest absolute Gasteiger partial charge is 0.263 e. The van der Waals surface area contributed by atoms with Gasteiger partial charge in [0.15, 0.2) is 6.10 Å². The summed E-state index contributed by atoms with van der Waals surface area (Å²) in [6.07, 6.45) is -0.428. The second-order valence-corrected chi connectivity index (χ2v) is 4.30. The molecule has 1 heterocycles. The zero-order valence-electron chi connectivity index (χ0n) is 9.37. The molecule has 1 atom stereocenters. The maximum Gasteiger partial charge on any atom is 0.263 e. The molecule has 0 aromatic heterocycles. The number of rotatable bonds is 1. The van der Waals surface area contributed by atoms with E-state index in [1.165, 1.54) is 0 Å². The Morgan fingerprint density at radius 2 is 2.31 bits per heavy atom. The third-order valence-electron chi connectivity index (χ3n) is 2.73. The van der Waals surface area contributed by atoms with Gasteiger partial charge in [0.2, 0.25) is 0 Å². The first-order valence-electron chi connectivity index (χ1n) is 5.35. The summed E-state index contributed by atoms with van der Waals surface area (Å²) in [4.78, 5) is 13.7. The van der Waals surface area contributed by atoms with E-state index in [0.717, 1.165) is 11.3 Å². The molecule has 1 aromatic rings. The van der Waals surface area contributed by atoms with Crippen LogP contribution in [0.4, 0.5) is 0 Å². The molecule has 0 bridgehead atoms. The fourth-order valence-electron chi connectivity index (χ4n) is 1.84. The Morgan fingerprint density at radius 1 is 1.56 bits per heavy atom. The van der Waals surface area contributed by atoms with Crippen molar-refractivity contribution < 1.29 is 9.53 Å². The lowest BCUT2D eigenvalue weighted by atomic mass is 10.2. The molecule has 0 aliphatic carbocycles. The van der Waals surface area contributed by atoms with Gasteiger partial charge in [0.25, 0.3) is 5.91 Å². The number of benzene rings is 1. The van der Waals surface area contributed by atoms with E-state index in [1.54, 1.807) is 17.9 Å². The van der Waals surface area contributed by atoms with Crippen LogP contribution in [0.15, 0.2) is 18.2 Å². The average molecular weight is 240 g/mol. The number of ether oxygens (including phenoxy) is 1. The molecular formula is C12H14ClNO2. The standard InChI is InChI=1S/C12H14ClNO2/c1-3-14-7-9-6-10(13)4-5-11(9)16-8(2)12(14)15/h4-6,8H,3,7H2,1-2H3. The summed E-state index contributed by atoms with van der Waals surface area (Å²) in [5.41, 5.74) is 0.965. The van der Waals surface area contributed by atoms with Gasteiger partial charge in [0, 0.05) is 23.7 Å². The number of halogens is 1. The molecule has 1 aliphatic rings. The SMILES string of the molecule is CCN1Cc2cc(Cl)ccc2OC(C)C1=O. The quantitative estimate of drug-likeness (QED) is 0.754. The third-order valence-corrected chi connectivity index (χ3v) is 2.96. The van der Waals surface area contributed by atoms with Gasteiger partial charge in [-0.05, 0) is 32.0 Å². The molecule has 0 fully saturated rings. The normalized spacial score (nSPS) is 20.1. The molecule has 0 saturated heterocycles. The number of likely N-dealkylation sites (N-methyl/N-ethyl adjacent to an activating group) is 1. The van der Waals surface area contributed by atoms with Gasteiger partial charge < -0.3 is 9.64 Å². The van der Waals surface area contributed by atoms with E-state index < -0.39 is 6.10 Å². The number of hydrogen-bond donors (Lipinski definition) is 0. The Labute approximate surface area is 100.0 Å². The van der Waals surface area contributed by atoms with Crippen LogP contribution >= 0.6 is 11.6 Å². The largest absolute Gasteiger partial charge is 0.481 e. The summed E-state index contributed by atoms with van der Waals surface area (Å²) < 4.78 is 5.61. The number of carbonyl (C=O) groups excluding carboxylic acids is 1. The van der Waals surface area contributed by atoms with Crippen molar-refractivity contribution in [1.82, 2.24) is 4.90 Å². The molecular weight excluding hydrogens is 226 g/mol. The van der Waals surface area contributed by atoms with Crippen LogP contribution in [0, 0.1) is 0 Å². The van der Waals surface area contributed by atoms with E-state index in [2.05, 4.69) is 0 Å². The highest BCUT2D eigenvalue weighted by Gasteiger charge is 2.26. The van der Waals surface area contributed by atoms with E-state index in [4.69, 9.17) is 16.3 Å². The van der Waals surface area contributed by atoms with Crippen LogP contribution in [-0.4, -0.2) is 23.5 Å². The van der Waals surface area contributed by atoms with Crippen molar-refractivity contribution in [2.24, 2.45) is 0 Å². The van der Waals surface area contributed by atoms with Crippen molar-refractivity contribution in [2.45, 2.75) is 26.5 Å². The number of amides is 1. The molecule has 0 N–H and O–H groups in total. The highest BCUT2D eigenvalue weighted by Crippen LogP contribution is 2.28. The molecule has 3 nitrogen and oxygen atoms in total. The van der Waals surface area contributed by atoms with E-state index in [1.807, 2.05) is 19.1 Å². The second kappa shape index (κ2) is 4.34. The van der Waals surface area contributed by atoms with Crippen LogP contribution in [0.25, 0.3) is 0 Å². The van der Waals surface area contributed by atoms with E-state index in [-0.39, 0.29) is 5.91 Å². The first-order valence-corrected chi connectivity index (χ1v) is 5.73. The first kappa shape index (κ1) is 11.3. The number of carbonyl (C=O) groups is 1. The van der Waals surface area contributed by atoms with Crippen LogP contribution in [0.5, 0.6) is 5.75 Å². The highest BCUT2D eigenvalue weighted by atomic mass is 35.5. The summed E-state index contributed by atoms with van der Waals surface area (Å²) >= 11 is 5.93. The minimum atomic E-state index is -0.428. The van der Waals surface area contributed by atoms with Gasteiger partial charge in [-0.3, -0.25) is 4.79 Å². The van der Waals surface area contributed by atoms with Gasteiger partial charge in [0.1, 0.15) is 5.75 Å². The van der Waals surface area contributed by atoms with Gasteiger partial charge in [-0.1, -0.05) is 11.6 Å². The molecule has 0 saturated carbocycles. The van der Waals surface area contributed by atoms with Gasteiger partial charge in [0.05, 0.1) is 0 Å². The predicted octanol–water partition coefficient (Wildman–Crippen LogP) is 2.47. The Morgan fingerprint density at radius 3 is 3.00 bits per heavy atom. The maximum absolute atomic E-state index is 11.9. The summed E-state index contributed by atoms with van der Waals surface area (Å²) in [5, 5.41) is 0.667. The van der Waals surface area contributed by atoms with Gasteiger partial charge in [-0.15, -0.1) is 0 Å². The van der Waals surface area contributed by atoms with E-state index >= 15 is 0 Å². The van der Waals surface area contributed by atoms with Gasteiger partial charge >= 0.3 is 0 Å². The lowest BCUT2D eigenvalue weighted by molar-refractivity contribution is -0.137. The van der Waals surface area contributed by atoms with E-state index in [9.17, 15) is 4.79 Å². The molecule has 1 amide bonds. The van der Waals surface area contributed by atoms with Crippen LogP contribution in [0.1, 0.15) is 19.4 Å². The van der Waals surface area contributed by atoms with Crippen LogP contribution in [0.2, 0.25) is 5.02 Å². The summed E-state index contributed by atoms with van der Waals surface area (Å²) in [6.45, 7) is 4.98. The lowest BCUT2D eigenvalue weighted by Gasteiger charge is -2.19. The molecule has 0 radical (unpaired) electrons. The molecule has 0 spiro atoms. The molecule has 16 heavy (non-hydrogen) atoms. The molecule has 1 unspecified atom stereocenters. The highest BCUT2D eigenvalue weighted by molar-refractivity contribution is 6.30. The summed E-state index contributed by atoms with van der Waals surface area (Å²) in [6, 6.07) is 5.45. The lowest BCUT2D eigenvalue weighted by Crippen LogP contribution is -2.37. The number of fused-ring (bicyclic) bond motifs is 1. The van der Waals surface area contributed by atoms with Crippen molar-refractivity contribution >= 4 is 17.5 Å². The Kier molecular flexibility index (Phi) is 3.06. The van der Waals surface area contributed by atoms with Crippen LogP contribution in [0.3, 0.4) is 0 Å². The maximum atomic E-state index is 11.9.